The summed E-state index contributed by atoms with van der Waals surface area (Å²) in [5, 5.41) is 6.44. The van der Waals surface area contributed by atoms with E-state index in [1.807, 2.05) is 30.3 Å². The Morgan fingerprint density at radius 1 is 1.18 bits per heavy atom. The summed E-state index contributed by atoms with van der Waals surface area (Å²) >= 11 is 0. The third-order valence-corrected chi connectivity index (χ3v) is 3.96. The van der Waals surface area contributed by atoms with Crippen LogP contribution in [0.5, 0.6) is 0 Å². The van der Waals surface area contributed by atoms with Gasteiger partial charge in [0.2, 0.25) is 0 Å². The Morgan fingerprint density at radius 3 is 2.79 bits per heavy atom. The molecule has 2 amide bonds. The van der Waals surface area contributed by atoms with Gasteiger partial charge in [0.05, 0.1) is 5.56 Å². The van der Waals surface area contributed by atoms with Crippen molar-refractivity contribution in [2.75, 3.05) is 19.3 Å². The van der Waals surface area contributed by atoms with Crippen molar-refractivity contribution in [3.63, 3.8) is 0 Å². The summed E-state index contributed by atoms with van der Waals surface area (Å²) in [6.07, 6.45) is 3.29. The SMILES string of the molecule is [2H]C([2H])([2H])N(C(=O)Nc1ccc(F)c(-c2nc3ncc(-c4ccccc4)cn3n2)c1)C([2H])([2H])[2H]. The van der Waals surface area contributed by atoms with E-state index in [0.29, 0.717) is 0 Å². The van der Waals surface area contributed by atoms with Crippen LogP contribution in [0.15, 0.2) is 60.9 Å². The Balaban J connectivity index is 1.66. The number of aromatic nitrogens is 4. The van der Waals surface area contributed by atoms with Crippen LogP contribution < -0.4 is 5.32 Å². The maximum Gasteiger partial charge on any atom is 0.321 e. The molecular formula is C20H17FN6O. The molecule has 0 saturated heterocycles. The summed E-state index contributed by atoms with van der Waals surface area (Å²) in [6.45, 7) is -6.44. The molecule has 7 nitrogen and oxygen atoms in total. The standard InChI is InChI=1S/C20H17FN6O/c1-26(2)20(28)23-15-8-9-17(21)16(10-15)18-24-19-22-11-14(12-27(19)25-18)13-6-4-3-5-7-13/h3-12H,1-2H3,(H,23,28)/i1D3,2D3. The Bertz CT molecular complexity index is 1340. The molecule has 0 radical (unpaired) electrons. The van der Waals surface area contributed by atoms with Crippen molar-refractivity contribution in [3.05, 3.63) is 66.7 Å². The monoisotopic (exact) mass is 382 g/mol. The van der Waals surface area contributed by atoms with E-state index in [2.05, 4.69) is 20.4 Å². The number of benzene rings is 2. The third-order valence-electron chi connectivity index (χ3n) is 3.96. The highest BCUT2D eigenvalue weighted by atomic mass is 19.1. The first-order valence-electron chi connectivity index (χ1n) is 11.1. The molecule has 0 spiro atoms. The van der Waals surface area contributed by atoms with Crippen molar-refractivity contribution >= 4 is 17.5 Å². The van der Waals surface area contributed by atoms with Crippen LogP contribution in [-0.4, -0.2) is 44.5 Å². The molecule has 2 aromatic carbocycles. The van der Waals surface area contributed by atoms with Gasteiger partial charge in [-0.2, -0.15) is 4.98 Å². The normalized spacial score (nSPS) is 14.9. The van der Waals surface area contributed by atoms with E-state index in [1.54, 1.807) is 12.4 Å². The van der Waals surface area contributed by atoms with E-state index < -0.39 is 25.8 Å². The number of fused-ring (bicyclic) bond motifs is 1. The molecule has 4 aromatic rings. The number of urea groups is 1. The van der Waals surface area contributed by atoms with Gasteiger partial charge in [-0.25, -0.2) is 18.7 Å². The first-order chi connectivity index (χ1) is 15.9. The number of rotatable bonds is 3. The zero-order valence-corrected chi connectivity index (χ0v) is 14.3. The zero-order valence-electron chi connectivity index (χ0n) is 20.3. The number of hydrogen-bond acceptors (Lipinski definition) is 4. The van der Waals surface area contributed by atoms with Crippen LogP contribution in [0.2, 0.25) is 0 Å². The van der Waals surface area contributed by atoms with Crippen LogP contribution in [0.3, 0.4) is 0 Å². The van der Waals surface area contributed by atoms with Crippen molar-refractivity contribution < 1.29 is 17.4 Å². The first-order valence-corrected chi connectivity index (χ1v) is 8.12. The Labute approximate surface area is 168 Å². The average molecular weight is 382 g/mol. The summed E-state index contributed by atoms with van der Waals surface area (Å²) < 4.78 is 60.0. The zero-order chi connectivity index (χ0) is 24.7. The predicted octanol–water partition coefficient (Wildman–Crippen LogP) is 3.69. The molecule has 1 N–H and O–H groups in total. The fraction of sp³-hybridized carbons (Fsp3) is 0.100. The molecule has 2 aromatic heterocycles. The summed E-state index contributed by atoms with van der Waals surface area (Å²) in [7, 11) is 0. The molecular weight excluding hydrogens is 359 g/mol. The molecule has 0 fully saturated rings. The fourth-order valence-electron chi connectivity index (χ4n) is 2.63. The van der Waals surface area contributed by atoms with Crippen LogP contribution in [0, 0.1) is 5.82 Å². The van der Waals surface area contributed by atoms with Crippen molar-refractivity contribution in [1.29, 1.82) is 0 Å². The summed E-state index contributed by atoms with van der Waals surface area (Å²) in [4.78, 5) is 20.6. The lowest BCUT2D eigenvalue weighted by Gasteiger charge is -2.12. The van der Waals surface area contributed by atoms with E-state index in [9.17, 15) is 9.18 Å². The Hall–Kier alpha value is -3.81. The second kappa shape index (κ2) is 7.07. The van der Waals surface area contributed by atoms with E-state index >= 15 is 0 Å². The van der Waals surface area contributed by atoms with E-state index in [0.717, 1.165) is 23.3 Å². The Kier molecular flexibility index (Phi) is 2.98. The molecule has 0 unspecified atom stereocenters. The van der Waals surface area contributed by atoms with Gasteiger partial charge in [0, 0.05) is 45.8 Å². The number of halogens is 1. The predicted molar refractivity (Wildman–Crippen MR) is 104 cm³/mol. The molecule has 2 heterocycles. The van der Waals surface area contributed by atoms with Gasteiger partial charge in [-0.15, -0.1) is 5.10 Å². The highest BCUT2D eigenvalue weighted by molar-refractivity contribution is 5.89. The molecule has 0 saturated carbocycles. The maximum atomic E-state index is 14.6. The third kappa shape index (κ3) is 3.39. The lowest BCUT2D eigenvalue weighted by Crippen LogP contribution is -2.27. The van der Waals surface area contributed by atoms with E-state index in [-0.39, 0.29) is 27.8 Å². The number of nitrogens with one attached hydrogen (secondary N) is 1. The second-order valence-corrected chi connectivity index (χ2v) is 5.85. The van der Waals surface area contributed by atoms with Gasteiger partial charge in [-0.3, -0.25) is 0 Å². The fourth-order valence-corrected chi connectivity index (χ4v) is 2.63. The van der Waals surface area contributed by atoms with Crippen LogP contribution in [-0.2, 0) is 0 Å². The summed E-state index contributed by atoms with van der Waals surface area (Å²) in [5.41, 5.74) is 1.52. The largest absolute Gasteiger partial charge is 0.331 e. The van der Waals surface area contributed by atoms with Gasteiger partial charge >= 0.3 is 6.03 Å². The number of carbonyl (C=O) groups excluding carboxylic acids is 1. The topological polar surface area (TPSA) is 75.4 Å². The summed E-state index contributed by atoms with van der Waals surface area (Å²) in [6, 6.07) is 11.4. The molecule has 0 aliphatic heterocycles. The van der Waals surface area contributed by atoms with Gasteiger partial charge in [-0.05, 0) is 23.8 Å². The van der Waals surface area contributed by atoms with E-state index in [4.69, 9.17) is 8.22 Å². The van der Waals surface area contributed by atoms with Crippen molar-refractivity contribution in [2.45, 2.75) is 0 Å². The number of anilines is 1. The van der Waals surface area contributed by atoms with Crippen LogP contribution in [0.25, 0.3) is 28.3 Å². The van der Waals surface area contributed by atoms with Gasteiger partial charge < -0.3 is 10.2 Å². The molecule has 28 heavy (non-hydrogen) atoms. The quantitative estimate of drug-likeness (QED) is 0.586. The molecule has 0 bridgehead atoms. The number of nitrogens with zero attached hydrogens (tertiary/aromatic N) is 5. The minimum Gasteiger partial charge on any atom is -0.331 e. The smallest absolute Gasteiger partial charge is 0.321 e. The second-order valence-electron chi connectivity index (χ2n) is 5.85. The van der Waals surface area contributed by atoms with Crippen molar-refractivity contribution in [3.8, 4) is 22.5 Å². The molecule has 140 valence electrons. The van der Waals surface area contributed by atoms with Crippen LogP contribution in [0.1, 0.15) is 8.22 Å². The van der Waals surface area contributed by atoms with Gasteiger partial charge in [-0.1, -0.05) is 30.3 Å². The van der Waals surface area contributed by atoms with Gasteiger partial charge in [0.15, 0.2) is 5.82 Å². The first kappa shape index (κ1) is 11.8. The van der Waals surface area contributed by atoms with Gasteiger partial charge in [0.1, 0.15) is 5.82 Å². The van der Waals surface area contributed by atoms with E-state index in [1.165, 1.54) is 10.6 Å². The summed E-state index contributed by atoms with van der Waals surface area (Å²) in [5.74, 6) is -0.532. The minimum atomic E-state index is -3.22. The number of hydrogen-bond donors (Lipinski definition) is 1. The average Bonchev–Trinajstić information content (AvgIpc) is 3.16. The van der Waals surface area contributed by atoms with Crippen LogP contribution >= 0.6 is 0 Å². The molecule has 8 heteroatoms. The van der Waals surface area contributed by atoms with Crippen molar-refractivity contribution in [1.82, 2.24) is 24.5 Å². The highest BCUT2D eigenvalue weighted by Gasteiger charge is 2.15. The van der Waals surface area contributed by atoms with Crippen molar-refractivity contribution in [2.24, 2.45) is 0 Å². The highest BCUT2D eigenvalue weighted by Crippen LogP contribution is 2.25. The lowest BCUT2D eigenvalue weighted by atomic mass is 10.1. The van der Waals surface area contributed by atoms with Gasteiger partial charge in [0.25, 0.3) is 5.78 Å². The molecule has 4 rings (SSSR count). The Morgan fingerprint density at radius 2 is 2.00 bits per heavy atom. The molecule has 0 atom stereocenters. The maximum absolute atomic E-state index is 14.6. The lowest BCUT2D eigenvalue weighted by molar-refractivity contribution is 0.230. The molecule has 0 aliphatic rings. The number of amides is 2. The number of carbonyl (C=O) groups is 1. The minimum absolute atomic E-state index is 0.0326. The molecule has 0 aliphatic carbocycles. The van der Waals surface area contributed by atoms with Crippen LogP contribution in [0.4, 0.5) is 14.9 Å².